The number of benzene rings is 1. The fourth-order valence-corrected chi connectivity index (χ4v) is 1.67. The summed E-state index contributed by atoms with van der Waals surface area (Å²) in [6.45, 7) is 3.57. The lowest BCUT2D eigenvalue weighted by molar-refractivity contribution is 0.608. The standard InChI is InChI=1S/C11H11ClFN3/c1-6-11(12)7(2)16(15-6)10-4-3-8(14)5-9(10)13/h3-5H,14H2,1-2H3. The van der Waals surface area contributed by atoms with E-state index < -0.39 is 5.82 Å². The van der Waals surface area contributed by atoms with Crippen molar-refractivity contribution in [2.75, 3.05) is 5.73 Å². The molecule has 0 fully saturated rings. The van der Waals surface area contributed by atoms with Gasteiger partial charge in [0.15, 0.2) is 5.82 Å². The molecule has 2 N–H and O–H groups in total. The number of hydrogen-bond acceptors (Lipinski definition) is 2. The van der Waals surface area contributed by atoms with Crippen molar-refractivity contribution in [3.05, 3.63) is 40.4 Å². The van der Waals surface area contributed by atoms with Gasteiger partial charge in [-0.2, -0.15) is 5.10 Å². The van der Waals surface area contributed by atoms with Crippen LogP contribution in [0.2, 0.25) is 5.02 Å². The van der Waals surface area contributed by atoms with Gasteiger partial charge in [-0.05, 0) is 32.0 Å². The van der Waals surface area contributed by atoms with Gasteiger partial charge in [0.2, 0.25) is 0 Å². The molecule has 5 heteroatoms. The number of hydrogen-bond donors (Lipinski definition) is 1. The van der Waals surface area contributed by atoms with Gasteiger partial charge in [0.25, 0.3) is 0 Å². The van der Waals surface area contributed by atoms with E-state index >= 15 is 0 Å². The molecular formula is C11H11ClFN3. The van der Waals surface area contributed by atoms with Gasteiger partial charge >= 0.3 is 0 Å². The predicted octanol–water partition coefficient (Wildman–Crippen LogP) is 2.86. The summed E-state index contributed by atoms with van der Waals surface area (Å²) in [6, 6.07) is 4.48. The third-order valence-corrected chi connectivity index (χ3v) is 2.95. The number of nitrogens with zero attached hydrogens (tertiary/aromatic N) is 2. The molecule has 0 aliphatic heterocycles. The lowest BCUT2D eigenvalue weighted by Gasteiger charge is -2.06. The third-order valence-electron chi connectivity index (χ3n) is 2.40. The molecule has 0 saturated carbocycles. The van der Waals surface area contributed by atoms with Crippen LogP contribution in [0, 0.1) is 19.7 Å². The Bertz CT molecular complexity index is 548. The monoisotopic (exact) mass is 239 g/mol. The lowest BCUT2D eigenvalue weighted by Crippen LogP contribution is -2.02. The van der Waals surface area contributed by atoms with E-state index in [0.717, 1.165) is 0 Å². The van der Waals surface area contributed by atoms with Gasteiger partial charge in [0, 0.05) is 5.69 Å². The minimum atomic E-state index is -0.415. The van der Waals surface area contributed by atoms with Gasteiger partial charge in [-0.15, -0.1) is 0 Å². The zero-order valence-corrected chi connectivity index (χ0v) is 9.72. The molecule has 0 aliphatic rings. The van der Waals surface area contributed by atoms with Gasteiger partial charge in [-0.25, -0.2) is 9.07 Å². The van der Waals surface area contributed by atoms with E-state index in [1.54, 1.807) is 26.0 Å². The van der Waals surface area contributed by atoms with Gasteiger partial charge in [0.05, 0.1) is 16.4 Å². The molecule has 0 aliphatic carbocycles. The normalized spacial score (nSPS) is 10.8. The molecule has 1 aromatic heterocycles. The minimum Gasteiger partial charge on any atom is -0.399 e. The van der Waals surface area contributed by atoms with Crippen molar-refractivity contribution in [3.8, 4) is 5.69 Å². The molecule has 84 valence electrons. The fourth-order valence-electron chi connectivity index (χ4n) is 1.55. The third kappa shape index (κ3) is 1.65. The summed E-state index contributed by atoms with van der Waals surface area (Å²) in [5, 5.41) is 4.73. The van der Waals surface area contributed by atoms with Crippen molar-refractivity contribution >= 4 is 17.3 Å². The van der Waals surface area contributed by atoms with Gasteiger partial charge in [-0.1, -0.05) is 11.6 Å². The molecule has 0 unspecified atom stereocenters. The number of aryl methyl sites for hydroxylation is 1. The highest BCUT2D eigenvalue weighted by Gasteiger charge is 2.13. The summed E-state index contributed by atoms with van der Waals surface area (Å²) >= 11 is 6.00. The number of aromatic nitrogens is 2. The maximum absolute atomic E-state index is 13.7. The van der Waals surface area contributed by atoms with E-state index in [9.17, 15) is 4.39 Å². The van der Waals surface area contributed by atoms with Crippen LogP contribution in [0.15, 0.2) is 18.2 Å². The SMILES string of the molecule is Cc1nn(-c2ccc(N)cc2F)c(C)c1Cl. The highest BCUT2D eigenvalue weighted by atomic mass is 35.5. The second-order valence-electron chi connectivity index (χ2n) is 3.61. The van der Waals surface area contributed by atoms with Crippen LogP contribution in [0.25, 0.3) is 5.69 Å². The number of nitrogens with two attached hydrogens (primary N) is 1. The molecule has 0 radical (unpaired) electrons. The van der Waals surface area contributed by atoms with E-state index in [2.05, 4.69) is 5.10 Å². The van der Waals surface area contributed by atoms with E-state index in [4.69, 9.17) is 17.3 Å². The van der Waals surface area contributed by atoms with Crippen molar-refractivity contribution in [3.63, 3.8) is 0 Å². The summed E-state index contributed by atoms with van der Waals surface area (Å²) in [5.41, 5.74) is 7.60. The molecule has 3 nitrogen and oxygen atoms in total. The Labute approximate surface area is 97.6 Å². The second kappa shape index (κ2) is 3.79. The summed E-state index contributed by atoms with van der Waals surface area (Å²) in [4.78, 5) is 0. The van der Waals surface area contributed by atoms with Crippen LogP contribution < -0.4 is 5.73 Å². The van der Waals surface area contributed by atoms with Gasteiger partial charge in [0.1, 0.15) is 5.69 Å². The van der Waals surface area contributed by atoms with E-state index in [1.165, 1.54) is 10.7 Å². The molecule has 2 aromatic rings. The zero-order chi connectivity index (χ0) is 11.9. The molecule has 0 atom stereocenters. The summed E-state index contributed by atoms with van der Waals surface area (Å²) in [5.74, 6) is -0.415. The Kier molecular flexibility index (Phi) is 2.59. The Hall–Kier alpha value is -1.55. The summed E-state index contributed by atoms with van der Waals surface area (Å²) in [6.07, 6.45) is 0. The van der Waals surface area contributed by atoms with Gasteiger partial charge < -0.3 is 5.73 Å². The first-order valence-corrected chi connectivity index (χ1v) is 5.15. The van der Waals surface area contributed by atoms with Crippen LogP contribution in [0.3, 0.4) is 0 Å². The maximum atomic E-state index is 13.7. The van der Waals surface area contributed by atoms with Crippen LogP contribution in [0.1, 0.15) is 11.4 Å². The Balaban J connectivity index is 2.63. The maximum Gasteiger partial charge on any atom is 0.150 e. The molecular weight excluding hydrogens is 229 g/mol. The Morgan fingerprint density at radius 3 is 2.56 bits per heavy atom. The topological polar surface area (TPSA) is 43.8 Å². The lowest BCUT2D eigenvalue weighted by atomic mass is 10.2. The largest absolute Gasteiger partial charge is 0.399 e. The molecule has 2 rings (SSSR count). The first-order chi connectivity index (χ1) is 7.50. The van der Waals surface area contributed by atoms with Crippen LogP contribution in [0.4, 0.5) is 10.1 Å². The van der Waals surface area contributed by atoms with Crippen LogP contribution in [0.5, 0.6) is 0 Å². The van der Waals surface area contributed by atoms with E-state index in [0.29, 0.717) is 27.8 Å². The molecule has 1 aromatic carbocycles. The van der Waals surface area contributed by atoms with Crippen molar-refractivity contribution in [2.45, 2.75) is 13.8 Å². The molecule has 16 heavy (non-hydrogen) atoms. The highest BCUT2D eigenvalue weighted by Crippen LogP contribution is 2.24. The van der Waals surface area contributed by atoms with Crippen LogP contribution >= 0.6 is 11.6 Å². The summed E-state index contributed by atoms with van der Waals surface area (Å²) < 4.78 is 15.2. The smallest absolute Gasteiger partial charge is 0.150 e. The first-order valence-electron chi connectivity index (χ1n) is 4.78. The van der Waals surface area contributed by atoms with Gasteiger partial charge in [-0.3, -0.25) is 0 Å². The molecule has 0 saturated heterocycles. The first kappa shape index (κ1) is 11.0. The zero-order valence-electron chi connectivity index (χ0n) is 8.96. The Morgan fingerprint density at radius 2 is 2.06 bits per heavy atom. The molecule has 1 heterocycles. The number of anilines is 1. The van der Waals surface area contributed by atoms with Crippen molar-refractivity contribution in [1.29, 1.82) is 0 Å². The molecule has 0 spiro atoms. The fraction of sp³-hybridized carbons (Fsp3) is 0.182. The van der Waals surface area contributed by atoms with E-state index in [-0.39, 0.29) is 0 Å². The minimum absolute atomic E-state index is 0.349. The second-order valence-corrected chi connectivity index (χ2v) is 3.99. The summed E-state index contributed by atoms with van der Waals surface area (Å²) in [7, 11) is 0. The molecule has 0 bridgehead atoms. The van der Waals surface area contributed by atoms with Crippen molar-refractivity contribution < 1.29 is 4.39 Å². The Morgan fingerprint density at radius 1 is 1.38 bits per heavy atom. The highest BCUT2D eigenvalue weighted by molar-refractivity contribution is 6.31. The number of halogens is 2. The predicted molar refractivity (Wildman–Crippen MR) is 62.4 cm³/mol. The number of nitrogen functional groups attached to an aromatic ring is 1. The van der Waals surface area contributed by atoms with E-state index in [1.807, 2.05) is 0 Å². The van der Waals surface area contributed by atoms with Crippen LogP contribution in [-0.4, -0.2) is 9.78 Å². The number of rotatable bonds is 1. The quantitative estimate of drug-likeness (QED) is 0.778. The average Bonchev–Trinajstić information content (AvgIpc) is 2.46. The van der Waals surface area contributed by atoms with Crippen molar-refractivity contribution in [1.82, 2.24) is 9.78 Å². The average molecular weight is 240 g/mol. The van der Waals surface area contributed by atoms with Crippen molar-refractivity contribution in [2.24, 2.45) is 0 Å². The molecule has 0 amide bonds. The van der Waals surface area contributed by atoms with Crippen LogP contribution in [-0.2, 0) is 0 Å².